The summed E-state index contributed by atoms with van der Waals surface area (Å²) in [5.41, 5.74) is 2.02. The Labute approximate surface area is 243 Å². The molecule has 3 aromatic rings. The van der Waals surface area contributed by atoms with Crippen LogP contribution in [0.5, 0.6) is 11.5 Å². The van der Waals surface area contributed by atoms with Gasteiger partial charge < -0.3 is 24.4 Å². The topological polar surface area (TPSA) is 96.2 Å². The number of rotatable bonds is 11. The van der Waals surface area contributed by atoms with Gasteiger partial charge in [-0.05, 0) is 72.5 Å². The molecule has 0 bridgehead atoms. The van der Waals surface area contributed by atoms with E-state index >= 15 is 0 Å². The third-order valence-electron chi connectivity index (χ3n) is 6.45. The normalized spacial score (nSPS) is 11.4. The Morgan fingerprint density at radius 1 is 0.976 bits per heavy atom. The SMILES string of the molecule is CCOC(=O)Cc1ccc(OC)c(-c2ccc(C(F)(F)F)cc2CN(CC)/C(=N/C#N)NCc2ccc(OC)cc2)c1. The molecule has 8 nitrogen and oxygen atoms in total. The predicted molar refractivity (Wildman–Crippen MR) is 153 cm³/mol. The number of carbonyl (C=O) groups is 1. The van der Waals surface area contributed by atoms with E-state index in [1.807, 2.05) is 19.1 Å². The number of ether oxygens (including phenoxy) is 3. The number of hydrogen-bond donors (Lipinski definition) is 1. The molecule has 0 atom stereocenters. The summed E-state index contributed by atoms with van der Waals surface area (Å²) < 4.78 is 57.2. The number of hydrogen-bond acceptors (Lipinski definition) is 6. The average molecular weight is 583 g/mol. The van der Waals surface area contributed by atoms with E-state index < -0.39 is 17.7 Å². The quantitative estimate of drug-likeness (QED) is 0.129. The number of halogens is 3. The number of carbonyl (C=O) groups excluding carboxylic acids is 1. The van der Waals surface area contributed by atoms with Crippen molar-refractivity contribution >= 4 is 11.9 Å². The first-order chi connectivity index (χ1) is 20.1. The molecule has 1 N–H and O–H groups in total. The van der Waals surface area contributed by atoms with Crippen molar-refractivity contribution in [3.63, 3.8) is 0 Å². The monoisotopic (exact) mass is 582 g/mol. The van der Waals surface area contributed by atoms with E-state index in [1.54, 1.807) is 55.5 Å². The molecule has 0 spiro atoms. The first-order valence-corrected chi connectivity index (χ1v) is 13.2. The molecule has 0 aromatic heterocycles. The van der Waals surface area contributed by atoms with Crippen LogP contribution in [-0.2, 0) is 35.2 Å². The second-order valence-corrected chi connectivity index (χ2v) is 9.14. The Bertz CT molecular complexity index is 1430. The minimum atomic E-state index is -4.57. The highest BCUT2D eigenvalue weighted by atomic mass is 19.4. The molecule has 3 aromatic carbocycles. The van der Waals surface area contributed by atoms with Crippen LogP contribution in [0.4, 0.5) is 13.2 Å². The van der Waals surface area contributed by atoms with Gasteiger partial charge in [-0.1, -0.05) is 24.3 Å². The summed E-state index contributed by atoms with van der Waals surface area (Å²) in [6.45, 7) is 4.41. The van der Waals surface area contributed by atoms with Gasteiger partial charge in [0, 0.05) is 25.2 Å². The minimum Gasteiger partial charge on any atom is -0.497 e. The maximum Gasteiger partial charge on any atom is 0.416 e. The van der Waals surface area contributed by atoms with E-state index in [0.717, 1.165) is 17.7 Å². The summed E-state index contributed by atoms with van der Waals surface area (Å²) in [7, 11) is 3.03. The fraction of sp³-hybridized carbons (Fsp3) is 0.323. The van der Waals surface area contributed by atoms with Gasteiger partial charge >= 0.3 is 12.1 Å². The first-order valence-electron chi connectivity index (χ1n) is 13.2. The molecular weight excluding hydrogens is 549 g/mol. The van der Waals surface area contributed by atoms with E-state index in [9.17, 15) is 23.2 Å². The fourth-order valence-electron chi connectivity index (χ4n) is 4.35. The van der Waals surface area contributed by atoms with Crippen molar-refractivity contribution in [2.45, 2.75) is 39.5 Å². The lowest BCUT2D eigenvalue weighted by Gasteiger charge is -2.27. The number of guanidine groups is 1. The lowest BCUT2D eigenvalue weighted by Crippen LogP contribution is -2.40. The van der Waals surface area contributed by atoms with Crippen molar-refractivity contribution in [3.05, 3.63) is 82.9 Å². The lowest BCUT2D eigenvalue weighted by atomic mass is 9.94. The van der Waals surface area contributed by atoms with Gasteiger partial charge in [-0.25, -0.2) is 0 Å². The van der Waals surface area contributed by atoms with Crippen LogP contribution in [-0.4, -0.2) is 44.2 Å². The van der Waals surface area contributed by atoms with Crippen molar-refractivity contribution in [2.75, 3.05) is 27.4 Å². The second kappa shape index (κ2) is 14.8. The molecule has 0 unspecified atom stereocenters. The van der Waals surface area contributed by atoms with E-state index in [-0.39, 0.29) is 25.5 Å². The van der Waals surface area contributed by atoms with E-state index in [4.69, 9.17) is 14.2 Å². The zero-order valence-electron chi connectivity index (χ0n) is 23.9. The van der Waals surface area contributed by atoms with Crippen molar-refractivity contribution in [1.29, 1.82) is 5.26 Å². The minimum absolute atomic E-state index is 0.00284. The molecule has 0 amide bonds. The van der Waals surface area contributed by atoms with Gasteiger partial charge in [0.15, 0.2) is 0 Å². The highest BCUT2D eigenvalue weighted by Crippen LogP contribution is 2.38. The van der Waals surface area contributed by atoms with Crippen molar-refractivity contribution in [3.8, 4) is 28.8 Å². The number of nitriles is 1. The van der Waals surface area contributed by atoms with Gasteiger partial charge in [0.2, 0.25) is 12.2 Å². The third kappa shape index (κ3) is 8.39. The first kappa shape index (κ1) is 31.8. The molecule has 0 saturated heterocycles. The van der Waals surface area contributed by atoms with Crippen molar-refractivity contribution < 1.29 is 32.2 Å². The fourth-order valence-corrected chi connectivity index (χ4v) is 4.35. The predicted octanol–water partition coefficient (Wildman–Crippen LogP) is 5.94. The number of alkyl halides is 3. The molecule has 0 aliphatic carbocycles. The van der Waals surface area contributed by atoms with Gasteiger partial charge in [0.05, 0.1) is 32.8 Å². The summed E-state index contributed by atoms with van der Waals surface area (Å²) in [6.07, 6.45) is -2.80. The molecule has 42 heavy (non-hydrogen) atoms. The van der Waals surface area contributed by atoms with Crippen LogP contribution in [0, 0.1) is 11.5 Å². The number of nitrogens with zero attached hydrogens (tertiary/aromatic N) is 3. The zero-order chi connectivity index (χ0) is 30.7. The maximum absolute atomic E-state index is 13.8. The largest absolute Gasteiger partial charge is 0.497 e. The lowest BCUT2D eigenvalue weighted by molar-refractivity contribution is -0.142. The molecule has 11 heteroatoms. The third-order valence-corrected chi connectivity index (χ3v) is 6.45. The highest BCUT2D eigenvalue weighted by Gasteiger charge is 2.31. The van der Waals surface area contributed by atoms with Gasteiger partial charge in [-0.15, -0.1) is 4.99 Å². The number of methoxy groups -OCH3 is 2. The molecule has 0 aliphatic rings. The summed E-state index contributed by atoms with van der Waals surface area (Å²) in [5.74, 6) is 0.912. The number of nitrogens with one attached hydrogen (secondary N) is 1. The van der Waals surface area contributed by atoms with E-state index in [1.165, 1.54) is 13.2 Å². The van der Waals surface area contributed by atoms with E-state index in [0.29, 0.717) is 46.8 Å². The van der Waals surface area contributed by atoms with Crippen LogP contribution in [0.3, 0.4) is 0 Å². The number of benzene rings is 3. The van der Waals surface area contributed by atoms with Crippen LogP contribution >= 0.6 is 0 Å². The summed E-state index contributed by atoms with van der Waals surface area (Å²) in [4.78, 5) is 17.7. The van der Waals surface area contributed by atoms with Gasteiger partial charge in [0.25, 0.3) is 0 Å². The molecular formula is C31H33F3N4O4. The number of aliphatic imine (C=N–C) groups is 1. The van der Waals surface area contributed by atoms with Crippen molar-refractivity contribution in [1.82, 2.24) is 10.2 Å². The molecule has 222 valence electrons. The summed E-state index contributed by atoms with van der Waals surface area (Å²) in [6, 6.07) is 15.9. The van der Waals surface area contributed by atoms with Crippen LogP contribution in [0.25, 0.3) is 11.1 Å². The van der Waals surface area contributed by atoms with Gasteiger partial charge in [-0.3, -0.25) is 4.79 Å². The Morgan fingerprint density at radius 2 is 1.69 bits per heavy atom. The van der Waals surface area contributed by atoms with Gasteiger partial charge in [0.1, 0.15) is 11.5 Å². The average Bonchev–Trinajstić information content (AvgIpc) is 2.98. The van der Waals surface area contributed by atoms with Gasteiger partial charge in [-0.2, -0.15) is 18.4 Å². The Morgan fingerprint density at radius 3 is 2.29 bits per heavy atom. The summed E-state index contributed by atoms with van der Waals surface area (Å²) in [5, 5.41) is 12.5. The van der Waals surface area contributed by atoms with Crippen LogP contribution in [0.1, 0.15) is 36.1 Å². The smallest absolute Gasteiger partial charge is 0.416 e. The number of esters is 1. The molecule has 0 heterocycles. The second-order valence-electron chi connectivity index (χ2n) is 9.14. The maximum atomic E-state index is 13.8. The molecule has 3 rings (SSSR count). The van der Waals surface area contributed by atoms with Crippen molar-refractivity contribution in [2.24, 2.45) is 4.99 Å². The van der Waals surface area contributed by atoms with E-state index in [2.05, 4.69) is 10.3 Å². The Hall–Kier alpha value is -4.72. The van der Waals surface area contributed by atoms with Crippen LogP contribution < -0.4 is 14.8 Å². The molecule has 0 fully saturated rings. The Balaban J connectivity index is 2.02. The van der Waals surface area contributed by atoms with Crippen LogP contribution in [0.15, 0.2) is 65.7 Å². The molecule has 0 aliphatic heterocycles. The Kier molecular flexibility index (Phi) is 11.2. The molecule has 0 saturated carbocycles. The molecule has 0 radical (unpaired) electrons. The highest BCUT2D eigenvalue weighted by molar-refractivity contribution is 5.82. The standard InChI is InChI=1S/C31H33F3N4O4/c1-5-38(30(37-20-35)36-18-21-7-11-25(40-3)12-8-21)19-23-17-24(31(32,33)34)10-13-26(23)27-15-22(9-14-28(27)41-4)16-29(39)42-6-2/h7-15,17H,5-6,16,18-19H2,1-4H3,(H,36,37). The zero-order valence-corrected chi connectivity index (χ0v) is 23.9. The van der Waals surface area contributed by atoms with Crippen LogP contribution in [0.2, 0.25) is 0 Å². The summed E-state index contributed by atoms with van der Waals surface area (Å²) >= 11 is 0.